The van der Waals surface area contributed by atoms with Crippen LogP contribution < -0.4 is 4.90 Å². The quantitative estimate of drug-likeness (QED) is 0.135. The van der Waals surface area contributed by atoms with Gasteiger partial charge in [-0.15, -0.1) is 11.3 Å². The molecule has 2 nitrogen and oxygen atoms in total. The molecule has 10 aromatic carbocycles. The van der Waals surface area contributed by atoms with Crippen molar-refractivity contribution < 1.29 is 4.42 Å². The predicted molar refractivity (Wildman–Crippen MR) is 279 cm³/mol. The molecule has 306 valence electrons. The van der Waals surface area contributed by atoms with Gasteiger partial charge in [0.1, 0.15) is 5.58 Å². The van der Waals surface area contributed by atoms with Gasteiger partial charge in [0, 0.05) is 48.1 Å². The maximum Gasteiger partial charge on any atom is 0.135 e. The summed E-state index contributed by atoms with van der Waals surface area (Å²) in [6, 6.07) is 79.0. The van der Waals surface area contributed by atoms with Crippen molar-refractivity contribution in [3.05, 3.63) is 255 Å². The third kappa shape index (κ3) is 6.82. The lowest BCUT2D eigenvalue weighted by atomic mass is 9.93. The van der Waals surface area contributed by atoms with E-state index in [1.807, 2.05) is 23.7 Å². The second-order valence-electron chi connectivity index (χ2n) is 16.5. The van der Waals surface area contributed by atoms with E-state index >= 15 is 0 Å². The van der Waals surface area contributed by atoms with Crippen LogP contribution in [0.5, 0.6) is 0 Å². The summed E-state index contributed by atoms with van der Waals surface area (Å²) in [7, 11) is 0. The molecule has 3 heteroatoms. The van der Waals surface area contributed by atoms with Crippen molar-refractivity contribution in [3.8, 4) is 33.4 Å². The predicted octanol–water partition coefficient (Wildman–Crippen LogP) is 18.2. The van der Waals surface area contributed by atoms with Crippen molar-refractivity contribution in [2.24, 2.45) is 0 Å². The highest BCUT2D eigenvalue weighted by molar-refractivity contribution is 7.26. The first-order valence-electron chi connectivity index (χ1n) is 22.0. The van der Waals surface area contributed by atoms with Gasteiger partial charge in [0.15, 0.2) is 0 Å². The molecule has 0 bridgehead atoms. The molecule has 2 heterocycles. The molecule has 65 heavy (non-hydrogen) atoms. The van der Waals surface area contributed by atoms with Crippen LogP contribution in [0.2, 0.25) is 0 Å². The van der Waals surface area contributed by atoms with Gasteiger partial charge < -0.3 is 9.32 Å². The molecule has 0 unspecified atom stereocenters. The summed E-state index contributed by atoms with van der Waals surface area (Å²) in [5.74, 6) is 0. The number of rotatable bonds is 9. The smallest absolute Gasteiger partial charge is 0.135 e. The van der Waals surface area contributed by atoms with Crippen molar-refractivity contribution >= 4 is 86.7 Å². The van der Waals surface area contributed by atoms with Crippen LogP contribution >= 0.6 is 11.3 Å². The number of nitrogens with zero attached hydrogens (tertiary/aromatic N) is 1. The second kappa shape index (κ2) is 16.1. The molecule has 12 rings (SSSR count). The van der Waals surface area contributed by atoms with E-state index in [0.717, 1.165) is 55.7 Å². The summed E-state index contributed by atoms with van der Waals surface area (Å²) in [6.07, 6.45) is 5.88. The number of fused-ring (bicyclic) bond motifs is 6. The maximum atomic E-state index is 6.30. The lowest BCUT2D eigenvalue weighted by Crippen LogP contribution is -2.12. The zero-order valence-electron chi connectivity index (χ0n) is 35.5. The van der Waals surface area contributed by atoms with E-state index in [2.05, 4.69) is 236 Å². The summed E-state index contributed by atoms with van der Waals surface area (Å²) in [5.41, 5.74) is 14.3. The zero-order chi connectivity index (χ0) is 43.3. The van der Waals surface area contributed by atoms with Crippen LogP contribution in [0, 0.1) is 0 Å². The molecule has 0 atom stereocenters. The first kappa shape index (κ1) is 38.4. The Morgan fingerprint density at radius 1 is 0.446 bits per heavy atom. The maximum absolute atomic E-state index is 6.30. The lowest BCUT2D eigenvalue weighted by Gasteiger charge is -2.29. The van der Waals surface area contributed by atoms with Crippen LogP contribution in [0.3, 0.4) is 0 Å². The summed E-state index contributed by atoms with van der Waals surface area (Å²) in [5, 5.41) is 8.50. The molecule has 0 N–H and O–H groups in total. The van der Waals surface area contributed by atoms with Gasteiger partial charge in [-0.3, -0.25) is 0 Å². The van der Waals surface area contributed by atoms with Crippen molar-refractivity contribution in [1.82, 2.24) is 0 Å². The van der Waals surface area contributed by atoms with Crippen LogP contribution in [0.15, 0.2) is 248 Å². The van der Waals surface area contributed by atoms with Gasteiger partial charge in [-0.25, -0.2) is 0 Å². The topological polar surface area (TPSA) is 16.4 Å². The van der Waals surface area contributed by atoms with E-state index in [4.69, 9.17) is 4.42 Å². The average Bonchev–Trinajstić information content (AvgIpc) is 3.97. The van der Waals surface area contributed by atoms with E-state index in [-0.39, 0.29) is 0 Å². The highest BCUT2D eigenvalue weighted by atomic mass is 32.1. The molecule has 0 fully saturated rings. The van der Waals surface area contributed by atoms with E-state index in [0.29, 0.717) is 0 Å². The normalized spacial score (nSPS) is 11.8. The van der Waals surface area contributed by atoms with Gasteiger partial charge in [0.05, 0.1) is 12.0 Å². The van der Waals surface area contributed by atoms with Gasteiger partial charge in [0.25, 0.3) is 0 Å². The minimum Gasteiger partial charge on any atom is -0.464 e. The fourth-order valence-electron chi connectivity index (χ4n) is 9.57. The minimum atomic E-state index is 0.855. The van der Waals surface area contributed by atoms with Crippen LogP contribution in [-0.2, 0) is 0 Å². The fraction of sp³-hybridized carbons (Fsp3) is 0. The third-order valence-corrected chi connectivity index (χ3v) is 14.0. The van der Waals surface area contributed by atoms with Crippen LogP contribution in [0.1, 0.15) is 11.1 Å². The summed E-state index contributed by atoms with van der Waals surface area (Å²) < 4.78 is 8.91. The third-order valence-electron chi connectivity index (χ3n) is 12.7. The van der Waals surface area contributed by atoms with Gasteiger partial charge in [-0.1, -0.05) is 189 Å². The second-order valence-corrected chi connectivity index (χ2v) is 17.5. The summed E-state index contributed by atoms with van der Waals surface area (Å²) >= 11 is 1.86. The molecule has 0 aliphatic carbocycles. The number of hydrogen-bond acceptors (Lipinski definition) is 3. The van der Waals surface area contributed by atoms with Crippen LogP contribution in [-0.4, -0.2) is 0 Å². The highest BCUT2D eigenvalue weighted by Crippen LogP contribution is 2.45. The Morgan fingerprint density at radius 2 is 1.00 bits per heavy atom. The molecule has 2 aromatic heterocycles. The number of hydrogen-bond donors (Lipinski definition) is 0. The van der Waals surface area contributed by atoms with Gasteiger partial charge in [0.2, 0.25) is 0 Å². The number of para-hydroxylation sites is 1. The number of allylic oxidation sites excluding steroid dienone is 2. The summed E-state index contributed by atoms with van der Waals surface area (Å²) in [4.78, 5) is 2.38. The van der Waals surface area contributed by atoms with Gasteiger partial charge >= 0.3 is 0 Å². The molecule has 0 saturated carbocycles. The first-order valence-corrected chi connectivity index (χ1v) is 22.8. The Balaban J connectivity index is 0.968. The van der Waals surface area contributed by atoms with E-state index < -0.39 is 0 Å². The van der Waals surface area contributed by atoms with Gasteiger partial charge in [-0.2, -0.15) is 0 Å². The Bertz CT molecular complexity index is 3770. The van der Waals surface area contributed by atoms with Crippen LogP contribution in [0.4, 0.5) is 17.1 Å². The Labute approximate surface area is 381 Å². The standard InChI is InChI=1S/C62H41NOS/c1-2-13-53(58-40-64-60-39-47-16-4-3-15-46(47)38-57(58)60)54-19-7-9-24-59(54)63(49-36-32-45(33-37-49)52-22-12-23-56-55-20-8-10-25-61(55)65-62(52)56)48-34-30-42(31-35-48)41-26-28-44(29-27-41)51-21-11-17-43-14-5-6-18-50(43)51/h2-40H,1H2/b53-13-. The van der Waals surface area contributed by atoms with Crippen molar-refractivity contribution in [2.75, 3.05) is 4.90 Å². The monoisotopic (exact) mass is 847 g/mol. The molecule has 0 spiro atoms. The largest absolute Gasteiger partial charge is 0.464 e. The Hall–Kier alpha value is -8.24. The Kier molecular flexibility index (Phi) is 9.55. The molecule has 0 saturated heterocycles. The van der Waals surface area contributed by atoms with E-state index in [1.54, 1.807) is 0 Å². The highest BCUT2D eigenvalue weighted by Gasteiger charge is 2.22. The molecule has 0 radical (unpaired) electrons. The molecule has 0 amide bonds. The van der Waals surface area contributed by atoms with Crippen molar-refractivity contribution in [1.29, 1.82) is 0 Å². The molecule has 0 aliphatic rings. The minimum absolute atomic E-state index is 0.855. The number of furan rings is 1. The molecular weight excluding hydrogens is 807 g/mol. The van der Waals surface area contributed by atoms with Gasteiger partial charge in [-0.05, 0) is 109 Å². The number of benzene rings is 10. The van der Waals surface area contributed by atoms with E-state index in [1.165, 1.54) is 64.1 Å². The first-order chi connectivity index (χ1) is 32.2. The van der Waals surface area contributed by atoms with Crippen LogP contribution in [0.25, 0.3) is 91.6 Å². The van der Waals surface area contributed by atoms with E-state index in [9.17, 15) is 0 Å². The Morgan fingerprint density at radius 3 is 1.77 bits per heavy atom. The number of thiophene rings is 1. The molecular formula is C62H41NOS. The fourth-order valence-corrected chi connectivity index (χ4v) is 10.8. The molecule has 0 aliphatic heterocycles. The molecule has 12 aromatic rings. The lowest BCUT2D eigenvalue weighted by molar-refractivity contribution is 0.615. The SMILES string of the molecule is C=C/C=C(/c1ccccc1N(c1ccc(-c2ccc(-c3cccc4ccccc34)cc2)cc1)c1ccc(-c2cccc3c2sc2ccccc23)cc1)c1coc2cc3ccccc3cc12. The number of anilines is 3. The van der Waals surface area contributed by atoms with Crippen molar-refractivity contribution in [2.45, 2.75) is 0 Å². The van der Waals surface area contributed by atoms with Crippen molar-refractivity contribution in [3.63, 3.8) is 0 Å². The zero-order valence-corrected chi connectivity index (χ0v) is 36.3. The summed E-state index contributed by atoms with van der Waals surface area (Å²) in [6.45, 7) is 4.19. The average molecular weight is 848 g/mol.